The van der Waals surface area contributed by atoms with Crippen molar-refractivity contribution in [2.24, 2.45) is 0 Å². The Balaban J connectivity index is 2.02. The number of nitrogens with zero attached hydrogens (tertiary/aromatic N) is 3. The molecule has 1 aromatic heterocycles. The minimum absolute atomic E-state index is 0.0584. The van der Waals surface area contributed by atoms with Crippen LogP contribution in [0.5, 0.6) is 6.01 Å². The fourth-order valence-electron chi connectivity index (χ4n) is 1.56. The van der Waals surface area contributed by atoms with Crippen molar-refractivity contribution in [1.82, 2.24) is 20.3 Å². The van der Waals surface area contributed by atoms with Crippen molar-refractivity contribution in [3.63, 3.8) is 0 Å². The first-order valence-electron chi connectivity index (χ1n) is 6.73. The van der Waals surface area contributed by atoms with E-state index in [1.54, 1.807) is 6.92 Å². The molecule has 8 heteroatoms. The molecule has 1 heterocycles. The fourth-order valence-corrected chi connectivity index (χ4v) is 1.56. The Kier molecular flexibility index (Phi) is 4.54. The number of carbonyl (C=O) groups is 1. The van der Waals surface area contributed by atoms with Crippen LogP contribution >= 0.6 is 0 Å². The summed E-state index contributed by atoms with van der Waals surface area (Å²) in [6.07, 6.45) is 2.12. The van der Waals surface area contributed by atoms with Gasteiger partial charge in [0.1, 0.15) is 6.04 Å². The van der Waals surface area contributed by atoms with Crippen molar-refractivity contribution in [3.8, 4) is 6.01 Å². The predicted octanol–water partition coefficient (Wildman–Crippen LogP) is 0.391. The SMILES string of the molecule is CCNc1nc(NC(C)C(=O)NC2CC2)nc(OC)n1. The third kappa shape index (κ3) is 3.94. The number of aromatic nitrogens is 3. The molecule has 1 amide bonds. The van der Waals surface area contributed by atoms with E-state index in [0.717, 1.165) is 12.8 Å². The summed E-state index contributed by atoms with van der Waals surface area (Å²) in [5.74, 6) is 0.666. The molecule has 110 valence electrons. The van der Waals surface area contributed by atoms with Crippen LogP contribution in [-0.2, 0) is 4.79 Å². The van der Waals surface area contributed by atoms with Crippen molar-refractivity contribution in [1.29, 1.82) is 0 Å². The second-order valence-corrected chi connectivity index (χ2v) is 4.65. The van der Waals surface area contributed by atoms with Gasteiger partial charge in [-0.1, -0.05) is 0 Å². The van der Waals surface area contributed by atoms with Crippen molar-refractivity contribution >= 4 is 17.8 Å². The molecule has 1 aliphatic rings. The Hall–Kier alpha value is -2.12. The van der Waals surface area contributed by atoms with Crippen LogP contribution < -0.4 is 20.7 Å². The van der Waals surface area contributed by atoms with Gasteiger partial charge < -0.3 is 20.7 Å². The Bertz CT molecular complexity index is 477. The quantitative estimate of drug-likeness (QED) is 0.664. The van der Waals surface area contributed by atoms with Gasteiger partial charge in [0.05, 0.1) is 7.11 Å². The molecule has 1 atom stereocenters. The number of anilines is 2. The van der Waals surface area contributed by atoms with Gasteiger partial charge in [-0.2, -0.15) is 15.0 Å². The number of rotatable bonds is 7. The summed E-state index contributed by atoms with van der Waals surface area (Å²) in [5.41, 5.74) is 0. The average molecular weight is 280 g/mol. The molecule has 1 aromatic rings. The van der Waals surface area contributed by atoms with E-state index in [9.17, 15) is 4.79 Å². The first-order chi connectivity index (χ1) is 9.62. The lowest BCUT2D eigenvalue weighted by Gasteiger charge is -2.14. The third-order valence-electron chi connectivity index (χ3n) is 2.79. The number of nitrogens with one attached hydrogen (secondary N) is 3. The van der Waals surface area contributed by atoms with E-state index in [1.165, 1.54) is 7.11 Å². The zero-order chi connectivity index (χ0) is 14.5. The maximum absolute atomic E-state index is 11.9. The minimum atomic E-state index is -0.419. The second-order valence-electron chi connectivity index (χ2n) is 4.65. The second kappa shape index (κ2) is 6.36. The number of hydrogen-bond donors (Lipinski definition) is 3. The minimum Gasteiger partial charge on any atom is -0.467 e. The van der Waals surface area contributed by atoms with Gasteiger partial charge in [0.15, 0.2) is 0 Å². The summed E-state index contributed by atoms with van der Waals surface area (Å²) in [7, 11) is 1.48. The zero-order valence-electron chi connectivity index (χ0n) is 11.9. The molecule has 0 aliphatic heterocycles. The van der Waals surface area contributed by atoms with Crippen LogP contribution in [0.15, 0.2) is 0 Å². The molecule has 2 rings (SSSR count). The lowest BCUT2D eigenvalue weighted by molar-refractivity contribution is -0.121. The molecule has 0 radical (unpaired) electrons. The van der Waals surface area contributed by atoms with Crippen LogP contribution in [0.4, 0.5) is 11.9 Å². The van der Waals surface area contributed by atoms with Gasteiger partial charge in [-0.15, -0.1) is 0 Å². The summed E-state index contributed by atoms with van der Waals surface area (Å²) >= 11 is 0. The smallest absolute Gasteiger partial charge is 0.322 e. The standard InChI is InChI=1S/C12H20N6O2/c1-4-13-10-16-11(18-12(17-10)20-3)14-7(2)9(19)15-8-5-6-8/h7-8H,4-6H2,1-3H3,(H,15,19)(H2,13,14,16,17,18). The molecule has 1 saturated carbocycles. The lowest BCUT2D eigenvalue weighted by atomic mass is 10.3. The van der Waals surface area contributed by atoms with E-state index < -0.39 is 6.04 Å². The zero-order valence-corrected chi connectivity index (χ0v) is 11.9. The Morgan fingerprint density at radius 2 is 2.05 bits per heavy atom. The summed E-state index contributed by atoms with van der Waals surface area (Å²) in [5, 5.41) is 8.86. The maximum atomic E-state index is 11.9. The highest BCUT2D eigenvalue weighted by Gasteiger charge is 2.26. The average Bonchev–Trinajstić information content (AvgIpc) is 3.22. The topological polar surface area (TPSA) is 101 Å². The Morgan fingerprint density at radius 1 is 1.35 bits per heavy atom. The lowest BCUT2D eigenvalue weighted by Crippen LogP contribution is -2.39. The molecular formula is C12H20N6O2. The molecule has 0 spiro atoms. The Morgan fingerprint density at radius 3 is 2.65 bits per heavy atom. The van der Waals surface area contributed by atoms with Gasteiger partial charge in [-0.05, 0) is 26.7 Å². The highest BCUT2D eigenvalue weighted by molar-refractivity contribution is 5.84. The number of amides is 1. The van der Waals surface area contributed by atoms with Crippen LogP contribution in [0, 0.1) is 0 Å². The molecule has 0 bridgehead atoms. The molecule has 0 saturated heterocycles. The van der Waals surface area contributed by atoms with Crippen molar-refractivity contribution < 1.29 is 9.53 Å². The third-order valence-corrected chi connectivity index (χ3v) is 2.79. The van der Waals surface area contributed by atoms with Gasteiger partial charge >= 0.3 is 6.01 Å². The first kappa shape index (κ1) is 14.3. The van der Waals surface area contributed by atoms with Gasteiger partial charge in [0.25, 0.3) is 0 Å². The van der Waals surface area contributed by atoms with Crippen LogP contribution in [0.2, 0.25) is 0 Å². The van der Waals surface area contributed by atoms with Crippen molar-refractivity contribution in [2.45, 2.75) is 38.8 Å². The molecule has 3 N–H and O–H groups in total. The summed E-state index contributed by atoms with van der Waals surface area (Å²) in [6.45, 7) is 4.39. The van der Waals surface area contributed by atoms with Gasteiger partial charge in [0.2, 0.25) is 17.8 Å². The molecule has 1 unspecified atom stereocenters. The fraction of sp³-hybridized carbons (Fsp3) is 0.667. The van der Waals surface area contributed by atoms with Gasteiger partial charge in [0, 0.05) is 12.6 Å². The van der Waals surface area contributed by atoms with Gasteiger partial charge in [-0.3, -0.25) is 4.79 Å². The summed E-state index contributed by atoms with van der Waals surface area (Å²) in [4.78, 5) is 24.2. The van der Waals surface area contributed by atoms with E-state index in [1.807, 2.05) is 6.92 Å². The molecule has 8 nitrogen and oxygen atoms in total. The summed E-state index contributed by atoms with van der Waals surface area (Å²) in [6, 6.07) is 0.113. The number of hydrogen-bond acceptors (Lipinski definition) is 7. The predicted molar refractivity (Wildman–Crippen MR) is 74.8 cm³/mol. The van der Waals surface area contributed by atoms with Crippen molar-refractivity contribution in [2.75, 3.05) is 24.3 Å². The molecule has 0 aromatic carbocycles. The first-order valence-corrected chi connectivity index (χ1v) is 6.73. The normalized spacial score (nSPS) is 15.3. The van der Waals surface area contributed by atoms with E-state index in [4.69, 9.17) is 4.74 Å². The largest absolute Gasteiger partial charge is 0.467 e. The van der Waals surface area contributed by atoms with Crippen LogP contribution in [0.25, 0.3) is 0 Å². The van der Waals surface area contributed by atoms with E-state index in [0.29, 0.717) is 24.5 Å². The summed E-state index contributed by atoms with van der Waals surface area (Å²) < 4.78 is 5.02. The van der Waals surface area contributed by atoms with E-state index >= 15 is 0 Å². The Labute approximate surface area is 117 Å². The van der Waals surface area contributed by atoms with Crippen LogP contribution in [-0.4, -0.2) is 46.6 Å². The molecular weight excluding hydrogens is 260 g/mol. The number of carbonyl (C=O) groups excluding carboxylic acids is 1. The maximum Gasteiger partial charge on any atom is 0.322 e. The van der Waals surface area contributed by atoms with Crippen molar-refractivity contribution in [3.05, 3.63) is 0 Å². The molecule has 20 heavy (non-hydrogen) atoms. The highest BCUT2D eigenvalue weighted by Crippen LogP contribution is 2.19. The van der Waals surface area contributed by atoms with Gasteiger partial charge in [-0.25, -0.2) is 0 Å². The number of methoxy groups -OCH3 is 1. The monoisotopic (exact) mass is 280 g/mol. The van der Waals surface area contributed by atoms with E-state index in [-0.39, 0.29) is 11.9 Å². The molecule has 1 aliphatic carbocycles. The van der Waals surface area contributed by atoms with E-state index in [2.05, 4.69) is 30.9 Å². The highest BCUT2D eigenvalue weighted by atomic mass is 16.5. The number of ether oxygens (including phenoxy) is 1. The van der Waals surface area contributed by atoms with Crippen LogP contribution in [0.3, 0.4) is 0 Å². The molecule has 1 fully saturated rings. The van der Waals surface area contributed by atoms with Crippen LogP contribution in [0.1, 0.15) is 26.7 Å².